The lowest BCUT2D eigenvalue weighted by Crippen LogP contribution is -2.62. The molecule has 1 amide bonds. The van der Waals surface area contributed by atoms with Crippen molar-refractivity contribution < 1.29 is 19.0 Å². The molecule has 1 aliphatic carbocycles. The predicted octanol–water partition coefficient (Wildman–Crippen LogP) is 3.62. The second-order valence-electron chi connectivity index (χ2n) is 12.3. The Morgan fingerprint density at radius 2 is 1.80 bits per heavy atom. The van der Waals surface area contributed by atoms with E-state index in [0.717, 1.165) is 86.8 Å². The number of fused-ring (bicyclic) bond motifs is 2. The number of morpholine rings is 1. The first-order valence-corrected chi connectivity index (χ1v) is 15.3. The van der Waals surface area contributed by atoms with Gasteiger partial charge >= 0.3 is 0 Å². The van der Waals surface area contributed by atoms with Gasteiger partial charge in [-0.3, -0.25) is 14.5 Å². The van der Waals surface area contributed by atoms with Gasteiger partial charge in [0.15, 0.2) is 0 Å². The number of anilines is 1. The highest BCUT2D eigenvalue weighted by molar-refractivity contribution is 5.97. The number of aromatic amines is 1. The maximum absolute atomic E-state index is 13.6. The summed E-state index contributed by atoms with van der Waals surface area (Å²) < 4.78 is 18.0. The third kappa shape index (κ3) is 5.90. The Hall–Kier alpha value is -2.88. The molecule has 5 heterocycles. The number of carbonyl (C=O) groups is 1. The second-order valence-corrected chi connectivity index (χ2v) is 12.3. The SMILES string of the molecule is CCN(c1cc(O[C@H]2C[C@H](N3CC4CC(C3)O4)C2)cc(C(=O)NCc2c(C)cc(C)[nH]c2=O)c1C)C1CCOCC1. The van der Waals surface area contributed by atoms with Crippen molar-refractivity contribution in [3.63, 3.8) is 0 Å². The summed E-state index contributed by atoms with van der Waals surface area (Å²) in [6.07, 6.45) is 6.09. The van der Waals surface area contributed by atoms with E-state index in [1.54, 1.807) is 0 Å². The van der Waals surface area contributed by atoms with Crippen molar-refractivity contribution in [1.82, 2.24) is 15.2 Å². The summed E-state index contributed by atoms with van der Waals surface area (Å²) in [7, 11) is 0. The van der Waals surface area contributed by atoms with Gasteiger partial charge in [-0.15, -0.1) is 0 Å². The van der Waals surface area contributed by atoms with Gasteiger partial charge in [0, 0.05) is 99.3 Å². The van der Waals surface area contributed by atoms with Crippen molar-refractivity contribution in [2.45, 2.75) is 96.7 Å². The second kappa shape index (κ2) is 11.8. The highest BCUT2D eigenvalue weighted by Gasteiger charge is 2.44. The number of rotatable bonds is 9. The van der Waals surface area contributed by atoms with E-state index in [1.165, 1.54) is 6.42 Å². The van der Waals surface area contributed by atoms with Crippen molar-refractivity contribution in [2.75, 3.05) is 37.7 Å². The first-order chi connectivity index (χ1) is 19.8. The molecule has 2 aromatic rings. The minimum absolute atomic E-state index is 0.137. The van der Waals surface area contributed by atoms with Crippen LogP contribution < -0.4 is 20.5 Å². The number of aryl methyl sites for hydroxylation is 2. The van der Waals surface area contributed by atoms with E-state index >= 15 is 0 Å². The molecule has 9 heteroatoms. The number of benzene rings is 1. The number of ether oxygens (including phenoxy) is 3. The Morgan fingerprint density at radius 3 is 2.46 bits per heavy atom. The Kier molecular flexibility index (Phi) is 8.12. The zero-order valence-corrected chi connectivity index (χ0v) is 24.8. The Bertz CT molecular complexity index is 1310. The number of piperidine rings is 1. The van der Waals surface area contributed by atoms with E-state index in [9.17, 15) is 9.59 Å². The van der Waals surface area contributed by atoms with Gasteiger partial charge in [-0.1, -0.05) is 0 Å². The zero-order chi connectivity index (χ0) is 28.7. The largest absolute Gasteiger partial charge is 0.490 e. The van der Waals surface area contributed by atoms with Crippen LogP contribution in [0.5, 0.6) is 5.75 Å². The molecule has 1 saturated carbocycles. The molecule has 1 aromatic carbocycles. The van der Waals surface area contributed by atoms with Gasteiger partial charge in [-0.05, 0) is 63.8 Å². The monoisotopic (exact) mass is 564 g/mol. The summed E-state index contributed by atoms with van der Waals surface area (Å²) in [5, 5.41) is 3.02. The lowest BCUT2D eigenvalue weighted by atomic mass is 9.85. The van der Waals surface area contributed by atoms with Crippen molar-refractivity contribution in [3.05, 3.63) is 56.5 Å². The highest BCUT2D eigenvalue weighted by atomic mass is 16.5. The Labute approximate surface area is 242 Å². The molecule has 5 aliphatic rings. The average molecular weight is 565 g/mol. The fourth-order valence-electron chi connectivity index (χ4n) is 7.07. The van der Waals surface area contributed by atoms with Gasteiger partial charge in [0.2, 0.25) is 0 Å². The van der Waals surface area contributed by atoms with E-state index in [1.807, 2.05) is 32.9 Å². The van der Waals surface area contributed by atoms with Crippen molar-refractivity contribution in [3.8, 4) is 5.75 Å². The fourth-order valence-corrected chi connectivity index (χ4v) is 7.07. The summed E-state index contributed by atoms with van der Waals surface area (Å²) in [6.45, 7) is 12.5. The van der Waals surface area contributed by atoms with Crippen LogP contribution in [0.25, 0.3) is 0 Å². The van der Waals surface area contributed by atoms with Gasteiger partial charge in [-0.2, -0.15) is 0 Å². The van der Waals surface area contributed by atoms with Crippen molar-refractivity contribution in [1.29, 1.82) is 0 Å². The number of nitrogens with one attached hydrogen (secondary N) is 2. The normalized spacial score (nSPS) is 26.1. The van der Waals surface area contributed by atoms with Crippen LogP contribution in [-0.4, -0.2) is 79.0 Å². The maximum Gasteiger partial charge on any atom is 0.253 e. The molecular formula is C32H44N4O5. The average Bonchev–Trinajstić information content (AvgIpc) is 2.91. The van der Waals surface area contributed by atoms with Crippen LogP contribution in [0.2, 0.25) is 0 Å². The third-order valence-electron chi connectivity index (χ3n) is 9.48. The first kappa shape index (κ1) is 28.2. The van der Waals surface area contributed by atoms with Crippen LogP contribution in [0.3, 0.4) is 0 Å². The topological polar surface area (TPSA) is 96.1 Å². The van der Waals surface area contributed by atoms with Gasteiger partial charge in [0.25, 0.3) is 11.5 Å². The molecule has 4 aliphatic heterocycles. The van der Waals surface area contributed by atoms with Crippen LogP contribution in [0, 0.1) is 20.8 Å². The minimum atomic E-state index is -0.198. The third-order valence-corrected chi connectivity index (χ3v) is 9.48. The van der Waals surface area contributed by atoms with Gasteiger partial charge < -0.3 is 29.4 Å². The molecule has 0 radical (unpaired) electrons. The molecular weight excluding hydrogens is 520 g/mol. The van der Waals surface area contributed by atoms with Gasteiger partial charge in [0.1, 0.15) is 11.9 Å². The fraction of sp³-hybridized carbons (Fsp3) is 0.625. The van der Waals surface area contributed by atoms with Crippen molar-refractivity contribution in [2.24, 2.45) is 0 Å². The van der Waals surface area contributed by atoms with E-state index in [0.29, 0.717) is 35.4 Å². The number of H-pyrrole nitrogens is 1. The van der Waals surface area contributed by atoms with E-state index < -0.39 is 0 Å². The van der Waals surface area contributed by atoms with Crippen LogP contribution in [0.15, 0.2) is 23.0 Å². The summed E-state index contributed by atoms with van der Waals surface area (Å²) in [5.41, 5.74) is 4.65. The van der Waals surface area contributed by atoms with Crippen molar-refractivity contribution >= 4 is 11.6 Å². The molecule has 9 nitrogen and oxygen atoms in total. The van der Waals surface area contributed by atoms with Crippen LogP contribution >= 0.6 is 0 Å². The maximum atomic E-state index is 13.6. The molecule has 1 aromatic heterocycles. The Morgan fingerprint density at radius 1 is 1.10 bits per heavy atom. The molecule has 222 valence electrons. The molecule has 0 spiro atoms. The molecule has 41 heavy (non-hydrogen) atoms. The standard InChI is InChI=1S/C32H44N4O5/c1-5-36(22-6-8-39-9-7-22)30-15-25(40-24-11-23(12-24)35-17-26-13-27(18-35)41-26)14-28(21(30)4)31(37)33-16-29-19(2)10-20(3)34-32(29)38/h10,14-15,22-24,26-27H,5-9,11-13,16-18H2,1-4H3,(H,33,37)(H,34,38)/t23-,24-,26?,27?. The van der Waals surface area contributed by atoms with E-state index in [2.05, 4.69) is 33.1 Å². The number of nitrogens with zero attached hydrogens (tertiary/aromatic N) is 2. The minimum Gasteiger partial charge on any atom is -0.490 e. The molecule has 5 fully saturated rings. The first-order valence-electron chi connectivity index (χ1n) is 15.3. The van der Waals surface area contributed by atoms with Gasteiger partial charge in [-0.25, -0.2) is 0 Å². The number of hydrogen-bond acceptors (Lipinski definition) is 7. The van der Waals surface area contributed by atoms with E-state index in [-0.39, 0.29) is 24.1 Å². The number of carbonyl (C=O) groups excluding carboxylic acids is 1. The lowest BCUT2D eigenvalue weighted by Gasteiger charge is -2.53. The van der Waals surface area contributed by atoms with Crippen LogP contribution in [-0.2, 0) is 16.0 Å². The number of aromatic nitrogens is 1. The zero-order valence-electron chi connectivity index (χ0n) is 24.8. The quantitative estimate of drug-likeness (QED) is 0.480. The van der Waals surface area contributed by atoms with E-state index in [4.69, 9.17) is 14.2 Å². The molecule has 2 bridgehead atoms. The summed E-state index contributed by atoms with van der Waals surface area (Å²) in [6, 6.07) is 6.84. The highest BCUT2D eigenvalue weighted by Crippen LogP contribution is 2.38. The molecule has 2 atom stereocenters. The Balaban J connectivity index is 1.21. The number of hydrogen-bond donors (Lipinski definition) is 2. The summed E-state index contributed by atoms with van der Waals surface area (Å²) in [5.74, 6) is 0.537. The smallest absolute Gasteiger partial charge is 0.253 e. The number of amides is 1. The van der Waals surface area contributed by atoms with Gasteiger partial charge in [0.05, 0.1) is 12.2 Å². The molecule has 4 saturated heterocycles. The summed E-state index contributed by atoms with van der Waals surface area (Å²) >= 11 is 0. The predicted molar refractivity (Wildman–Crippen MR) is 158 cm³/mol. The van der Waals surface area contributed by atoms with Crippen LogP contribution in [0.1, 0.15) is 71.8 Å². The number of pyridine rings is 1. The summed E-state index contributed by atoms with van der Waals surface area (Å²) in [4.78, 5) is 34.0. The van der Waals surface area contributed by atoms with Crippen LogP contribution in [0.4, 0.5) is 5.69 Å². The lowest BCUT2D eigenvalue weighted by molar-refractivity contribution is -0.196. The molecule has 7 rings (SSSR count). The molecule has 2 N–H and O–H groups in total. The molecule has 2 unspecified atom stereocenters.